The van der Waals surface area contributed by atoms with Gasteiger partial charge in [-0.25, -0.2) is 0 Å². The summed E-state index contributed by atoms with van der Waals surface area (Å²) in [5.74, 6) is 0.0694. The first-order chi connectivity index (χ1) is 7.70. The van der Waals surface area contributed by atoms with Gasteiger partial charge in [0.2, 0.25) is 5.91 Å². The predicted octanol–water partition coefficient (Wildman–Crippen LogP) is 0.877. The van der Waals surface area contributed by atoms with Crippen LogP contribution >= 0.6 is 0 Å². The van der Waals surface area contributed by atoms with E-state index in [0.717, 1.165) is 38.6 Å². The molecule has 1 unspecified atom stereocenters. The number of carbonyl (C=O) groups is 1. The lowest BCUT2D eigenvalue weighted by Gasteiger charge is -2.37. The summed E-state index contributed by atoms with van der Waals surface area (Å²) in [5, 5.41) is 8.99. The van der Waals surface area contributed by atoms with Gasteiger partial charge in [0.25, 0.3) is 0 Å². The number of hydrogen-bond donors (Lipinski definition) is 2. The minimum Gasteiger partial charge on any atom is -0.396 e. The van der Waals surface area contributed by atoms with Crippen molar-refractivity contribution in [3.05, 3.63) is 0 Å². The first-order valence-corrected chi connectivity index (χ1v) is 6.37. The van der Waals surface area contributed by atoms with Crippen molar-refractivity contribution in [3.8, 4) is 0 Å². The standard InChI is InChI=1S/C12H24N2O2/c1-2-5-11(13)12(16)14-8-4-3-6-10(14)7-9-15/h10-11,15H,2-9,13H2,1H3/t10?,11-/m1/s1. The van der Waals surface area contributed by atoms with Gasteiger partial charge < -0.3 is 15.7 Å². The van der Waals surface area contributed by atoms with E-state index in [1.54, 1.807) is 0 Å². The van der Waals surface area contributed by atoms with Crippen molar-refractivity contribution in [2.24, 2.45) is 5.73 Å². The number of hydrogen-bond acceptors (Lipinski definition) is 3. The third kappa shape index (κ3) is 3.46. The lowest BCUT2D eigenvalue weighted by molar-refractivity contribution is -0.136. The van der Waals surface area contributed by atoms with Crippen molar-refractivity contribution in [2.75, 3.05) is 13.2 Å². The number of nitrogens with zero attached hydrogens (tertiary/aromatic N) is 1. The second-order valence-electron chi connectivity index (χ2n) is 4.59. The van der Waals surface area contributed by atoms with Crippen LogP contribution in [0.25, 0.3) is 0 Å². The van der Waals surface area contributed by atoms with Gasteiger partial charge in [0.15, 0.2) is 0 Å². The van der Waals surface area contributed by atoms with Crippen LogP contribution in [0, 0.1) is 0 Å². The molecule has 1 fully saturated rings. The van der Waals surface area contributed by atoms with Crippen molar-refractivity contribution in [1.29, 1.82) is 0 Å². The Labute approximate surface area is 97.8 Å². The number of carbonyl (C=O) groups excluding carboxylic acids is 1. The number of likely N-dealkylation sites (tertiary alicyclic amines) is 1. The van der Waals surface area contributed by atoms with Crippen LogP contribution in [-0.4, -0.2) is 41.1 Å². The number of piperidine rings is 1. The molecule has 1 aliphatic rings. The van der Waals surface area contributed by atoms with Crippen LogP contribution < -0.4 is 5.73 Å². The molecule has 0 aromatic rings. The molecule has 0 radical (unpaired) electrons. The maximum atomic E-state index is 12.1. The van der Waals surface area contributed by atoms with E-state index in [4.69, 9.17) is 10.8 Å². The maximum absolute atomic E-state index is 12.1. The van der Waals surface area contributed by atoms with Crippen LogP contribution in [-0.2, 0) is 4.79 Å². The first kappa shape index (κ1) is 13.5. The highest BCUT2D eigenvalue weighted by atomic mass is 16.3. The Kier molecular flexibility index (Phi) is 5.77. The SMILES string of the molecule is CCC[C@@H](N)C(=O)N1CCCCC1CCO. The molecule has 1 aliphatic heterocycles. The largest absolute Gasteiger partial charge is 0.396 e. The third-order valence-corrected chi connectivity index (χ3v) is 3.29. The molecule has 0 aliphatic carbocycles. The molecule has 1 rings (SSSR count). The molecule has 1 amide bonds. The number of aliphatic hydroxyl groups excluding tert-OH is 1. The van der Waals surface area contributed by atoms with Crippen molar-refractivity contribution in [1.82, 2.24) is 4.90 Å². The van der Waals surface area contributed by atoms with E-state index in [-0.39, 0.29) is 24.6 Å². The van der Waals surface area contributed by atoms with Crippen molar-refractivity contribution >= 4 is 5.91 Å². The molecule has 3 N–H and O–H groups in total. The monoisotopic (exact) mass is 228 g/mol. The highest BCUT2D eigenvalue weighted by Gasteiger charge is 2.28. The van der Waals surface area contributed by atoms with Gasteiger partial charge in [0.05, 0.1) is 6.04 Å². The summed E-state index contributed by atoms with van der Waals surface area (Å²) in [6.07, 6.45) is 5.59. The van der Waals surface area contributed by atoms with Crippen molar-refractivity contribution < 1.29 is 9.90 Å². The Hall–Kier alpha value is -0.610. The fourth-order valence-corrected chi connectivity index (χ4v) is 2.39. The molecule has 0 aromatic carbocycles. The zero-order valence-electron chi connectivity index (χ0n) is 10.2. The van der Waals surface area contributed by atoms with Crippen LogP contribution in [0.4, 0.5) is 0 Å². The van der Waals surface area contributed by atoms with Gasteiger partial charge in [-0.15, -0.1) is 0 Å². The number of nitrogens with two attached hydrogens (primary N) is 1. The summed E-state index contributed by atoms with van der Waals surface area (Å²) in [4.78, 5) is 14.0. The Morgan fingerprint density at radius 1 is 1.56 bits per heavy atom. The lowest BCUT2D eigenvalue weighted by atomic mass is 9.98. The molecule has 0 spiro atoms. The van der Waals surface area contributed by atoms with Gasteiger partial charge in [0.1, 0.15) is 0 Å². The zero-order chi connectivity index (χ0) is 12.0. The van der Waals surface area contributed by atoms with Gasteiger partial charge in [0, 0.05) is 19.2 Å². The number of aliphatic hydroxyl groups is 1. The van der Waals surface area contributed by atoms with Gasteiger partial charge in [-0.05, 0) is 32.1 Å². The second-order valence-corrected chi connectivity index (χ2v) is 4.59. The molecule has 94 valence electrons. The third-order valence-electron chi connectivity index (χ3n) is 3.29. The number of rotatable bonds is 5. The number of amides is 1. The van der Waals surface area contributed by atoms with Gasteiger partial charge in [-0.1, -0.05) is 13.3 Å². The summed E-state index contributed by atoms with van der Waals surface area (Å²) in [7, 11) is 0. The van der Waals surface area contributed by atoms with Crippen LogP contribution in [0.5, 0.6) is 0 Å². The van der Waals surface area contributed by atoms with E-state index in [0.29, 0.717) is 6.42 Å². The molecule has 16 heavy (non-hydrogen) atoms. The highest BCUT2D eigenvalue weighted by Crippen LogP contribution is 2.20. The summed E-state index contributed by atoms with van der Waals surface area (Å²) in [6, 6.07) is -0.154. The van der Waals surface area contributed by atoms with Crippen LogP contribution in [0.15, 0.2) is 0 Å². The molecular weight excluding hydrogens is 204 g/mol. The highest BCUT2D eigenvalue weighted by molar-refractivity contribution is 5.82. The Morgan fingerprint density at radius 2 is 2.31 bits per heavy atom. The average Bonchev–Trinajstić information content (AvgIpc) is 2.29. The van der Waals surface area contributed by atoms with E-state index < -0.39 is 0 Å². The van der Waals surface area contributed by atoms with E-state index in [9.17, 15) is 4.79 Å². The van der Waals surface area contributed by atoms with Crippen LogP contribution in [0.3, 0.4) is 0 Å². The molecular formula is C12H24N2O2. The zero-order valence-corrected chi connectivity index (χ0v) is 10.2. The summed E-state index contributed by atoms with van der Waals surface area (Å²) >= 11 is 0. The topological polar surface area (TPSA) is 66.6 Å². The predicted molar refractivity (Wildman–Crippen MR) is 63.9 cm³/mol. The quantitative estimate of drug-likeness (QED) is 0.734. The molecule has 1 heterocycles. The summed E-state index contributed by atoms with van der Waals surface area (Å²) in [6.45, 7) is 2.99. The lowest BCUT2D eigenvalue weighted by Crippen LogP contribution is -2.51. The molecule has 0 saturated carbocycles. The van der Waals surface area contributed by atoms with E-state index in [1.807, 2.05) is 11.8 Å². The maximum Gasteiger partial charge on any atom is 0.239 e. The molecule has 0 aromatic heterocycles. The summed E-state index contributed by atoms with van der Waals surface area (Å²) in [5.41, 5.74) is 5.86. The van der Waals surface area contributed by atoms with E-state index in [1.165, 1.54) is 0 Å². The Bertz CT molecular complexity index is 219. The van der Waals surface area contributed by atoms with Gasteiger partial charge >= 0.3 is 0 Å². The van der Waals surface area contributed by atoms with E-state index in [2.05, 4.69) is 0 Å². The Balaban J connectivity index is 2.56. The van der Waals surface area contributed by atoms with Gasteiger partial charge in [-0.3, -0.25) is 4.79 Å². The van der Waals surface area contributed by atoms with Crippen LogP contribution in [0.2, 0.25) is 0 Å². The summed E-state index contributed by atoms with van der Waals surface area (Å²) < 4.78 is 0. The molecule has 4 nitrogen and oxygen atoms in total. The van der Waals surface area contributed by atoms with Crippen molar-refractivity contribution in [3.63, 3.8) is 0 Å². The molecule has 1 saturated heterocycles. The average molecular weight is 228 g/mol. The Morgan fingerprint density at radius 3 is 2.94 bits per heavy atom. The first-order valence-electron chi connectivity index (χ1n) is 6.37. The molecule has 2 atom stereocenters. The molecule has 4 heteroatoms. The normalized spacial score (nSPS) is 23.2. The fourth-order valence-electron chi connectivity index (χ4n) is 2.39. The minimum atomic E-state index is -0.357. The van der Waals surface area contributed by atoms with Crippen molar-refractivity contribution in [2.45, 2.75) is 57.5 Å². The molecule has 0 bridgehead atoms. The van der Waals surface area contributed by atoms with Crippen LogP contribution in [0.1, 0.15) is 45.4 Å². The van der Waals surface area contributed by atoms with Gasteiger partial charge in [-0.2, -0.15) is 0 Å². The minimum absolute atomic E-state index is 0.0694. The second kappa shape index (κ2) is 6.86. The smallest absolute Gasteiger partial charge is 0.239 e. The fraction of sp³-hybridized carbons (Fsp3) is 0.917. The van der Waals surface area contributed by atoms with E-state index >= 15 is 0 Å².